The summed E-state index contributed by atoms with van der Waals surface area (Å²) < 4.78 is 20.7. The second-order valence-electron chi connectivity index (χ2n) is 6.70. The van der Waals surface area contributed by atoms with Crippen molar-refractivity contribution in [3.05, 3.63) is 72.3 Å². The Bertz CT molecular complexity index is 1030. The van der Waals surface area contributed by atoms with Crippen molar-refractivity contribution in [2.24, 2.45) is 7.05 Å². The molecule has 0 fully saturated rings. The van der Waals surface area contributed by atoms with E-state index in [4.69, 9.17) is 4.74 Å². The molecule has 9 heteroatoms. The lowest BCUT2D eigenvalue weighted by molar-refractivity contribution is -0.116. The summed E-state index contributed by atoms with van der Waals surface area (Å²) in [5.74, 6) is -0.714. The molecule has 0 unspecified atom stereocenters. The second-order valence-corrected chi connectivity index (χ2v) is 7.71. The number of alkyl carbamates (subject to hydrolysis) is 1. The molecule has 162 valence electrons. The van der Waals surface area contributed by atoms with E-state index in [1.54, 1.807) is 12.3 Å². The summed E-state index contributed by atoms with van der Waals surface area (Å²) in [4.78, 5) is 28.9. The van der Waals surface area contributed by atoms with Crippen molar-refractivity contribution in [1.29, 1.82) is 0 Å². The number of carbonyl (C=O) groups is 2. The number of halogens is 1. The number of nitrogens with one attached hydrogen (secondary N) is 2. The van der Waals surface area contributed by atoms with Crippen LogP contribution in [0.1, 0.15) is 18.4 Å². The third kappa shape index (κ3) is 7.14. The van der Waals surface area contributed by atoms with Crippen LogP contribution in [0.3, 0.4) is 0 Å². The number of hydrogen-bond donors (Lipinski definition) is 2. The van der Waals surface area contributed by atoms with Crippen molar-refractivity contribution in [3.8, 4) is 0 Å². The quantitative estimate of drug-likeness (QED) is 0.481. The first-order valence-electron chi connectivity index (χ1n) is 9.70. The van der Waals surface area contributed by atoms with Crippen LogP contribution in [-0.2, 0) is 23.2 Å². The third-order valence-electron chi connectivity index (χ3n) is 4.26. The van der Waals surface area contributed by atoms with Gasteiger partial charge < -0.3 is 19.9 Å². The molecule has 3 aromatic rings. The number of aryl methyl sites for hydroxylation is 1. The van der Waals surface area contributed by atoms with Gasteiger partial charge in [0.15, 0.2) is 5.16 Å². The van der Waals surface area contributed by atoms with E-state index < -0.39 is 11.9 Å². The lowest BCUT2D eigenvalue weighted by Crippen LogP contribution is -2.26. The maximum absolute atomic E-state index is 13.7. The van der Waals surface area contributed by atoms with Crippen LogP contribution >= 0.6 is 11.8 Å². The predicted molar refractivity (Wildman–Crippen MR) is 116 cm³/mol. The number of rotatable bonds is 9. The van der Waals surface area contributed by atoms with Crippen LogP contribution in [0.5, 0.6) is 0 Å². The molecule has 2 N–H and O–H groups in total. The van der Waals surface area contributed by atoms with Gasteiger partial charge in [0.05, 0.1) is 5.69 Å². The van der Waals surface area contributed by atoms with Crippen LogP contribution in [0.4, 0.5) is 14.9 Å². The van der Waals surface area contributed by atoms with Crippen LogP contribution in [0.25, 0.3) is 0 Å². The molecule has 1 heterocycles. The van der Waals surface area contributed by atoms with Crippen LogP contribution in [0.2, 0.25) is 0 Å². The average Bonchev–Trinajstić information content (AvgIpc) is 3.17. The van der Waals surface area contributed by atoms with E-state index in [1.165, 1.54) is 23.9 Å². The van der Waals surface area contributed by atoms with Gasteiger partial charge >= 0.3 is 6.09 Å². The molecule has 0 aliphatic rings. The van der Waals surface area contributed by atoms with Gasteiger partial charge in [-0.15, -0.1) is 0 Å². The number of nitrogens with zero attached hydrogens (tertiary/aromatic N) is 2. The fraction of sp³-hybridized carbons (Fsp3) is 0.227. The highest BCUT2D eigenvalue weighted by Crippen LogP contribution is 2.33. The highest BCUT2D eigenvalue weighted by atomic mass is 32.2. The Kier molecular flexibility index (Phi) is 8.05. The number of benzene rings is 2. The molecule has 0 spiro atoms. The number of anilines is 1. The van der Waals surface area contributed by atoms with E-state index >= 15 is 0 Å². The molecule has 2 amide bonds. The molecule has 31 heavy (non-hydrogen) atoms. The number of hydrogen-bond acceptors (Lipinski definition) is 5. The third-order valence-corrected chi connectivity index (χ3v) is 5.41. The van der Waals surface area contributed by atoms with Crippen molar-refractivity contribution in [1.82, 2.24) is 14.9 Å². The van der Waals surface area contributed by atoms with E-state index in [0.29, 0.717) is 23.5 Å². The number of aromatic nitrogens is 2. The van der Waals surface area contributed by atoms with Crippen molar-refractivity contribution in [2.45, 2.75) is 29.5 Å². The molecule has 3 rings (SSSR count). The molecule has 0 saturated carbocycles. The molecule has 0 atom stereocenters. The van der Waals surface area contributed by atoms with Gasteiger partial charge in [-0.1, -0.05) is 30.3 Å². The first-order chi connectivity index (χ1) is 15.0. The number of carbonyl (C=O) groups excluding carboxylic acids is 2. The summed E-state index contributed by atoms with van der Waals surface area (Å²) in [6.45, 7) is 0.474. The van der Waals surface area contributed by atoms with Gasteiger partial charge in [0.2, 0.25) is 5.91 Å². The molecule has 0 aliphatic carbocycles. The fourth-order valence-electron chi connectivity index (χ4n) is 2.66. The molecular weight excluding hydrogens is 419 g/mol. The molecule has 0 aliphatic heterocycles. The molecule has 0 bridgehead atoms. The van der Waals surface area contributed by atoms with Crippen molar-refractivity contribution < 1.29 is 18.7 Å². The Hall–Kier alpha value is -3.33. The van der Waals surface area contributed by atoms with Gasteiger partial charge in [-0.05, 0) is 41.9 Å². The Morgan fingerprint density at radius 3 is 2.74 bits per heavy atom. The maximum atomic E-state index is 13.7. The van der Waals surface area contributed by atoms with Gasteiger partial charge in [-0.25, -0.2) is 14.2 Å². The van der Waals surface area contributed by atoms with E-state index in [1.807, 2.05) is 48.1 Å². The second kappa shape index (κ2) is 11.2. The predicted octanol–water partition coefficient (Wildman–Crippen LogP) is 4.36. The zero-order valence-electron chi connectivity index (χ0n) is 17.0. The van der Waals surface area contributed by atoms with Crippen molar-refractivity contribution in [3.63, 3.8) is 0 Å². The Morgan fingerprint density at radius 1 is 1.19 bits per heavy atom. The number of amides is 2. The van der Waals surface area contributed by atoms with Crippen LogP contribution in [0, 0.1) is 5.82 Å². The monoisotopic (exact) mass is 442 g/mol. The van der Waals surface area contributed by atoms with E-state index in [2.05, 4.69) is 15.6 Å². The van der Waals surface area contributed by atoms with Crippen molar-refractivity contribution in [2.75, 3.05) is 11.9 Å². The van der Waals surface area contributed by atoms with E-state index in [0.717, 1.165) is 10.7 Å². The highest BCUT2D eigenvalue weighted by Gasteiger charge is 2.12. The summed E-state index contributed by atoms with van der Waals surface area (Å²) in [6, 6.07) is 13.6. The first kappa shape index (κ1) is 22.4. The summed E-state index contributed by atoms with van der Waals surface area (Å²) in [6.07, 6.45) is 3.53. The minimum atomic E-state index is -0.539. The fourth-order valence-corrected chi connectivity index (χ4v) is 3.53. The number of ether oxygens (including phenoxy) is 1. The molecule has 7 nitrogen and oxygen atoms in total. The summed E-state index contributed by atoms with van der Waals surface area (Å²) in [5.41, 5.74) is 1.28. The minimum absolute atomic E-state index is 0.169. The summed E-state index contributed by atoms with van der Waals surface area (Å²) in [7, 11) is 1.86. The van der Waals surface area contributed by atoms with E-state index in [-0.39, 0.29) is 18.9 Å². The largest absolute Gasteiger partial charge is 0.445 e. The number of imidazole rings is 1. The lowest BCUT2D eigenvalue weighted by atomic mass is 10.2. The molecule has 2 aromatic carbocycles. The van der Waals surface area contributed by atoms with Gasteiger partial charge in [-0.3, -0.25) is 4.79 Å². The Morgan fingerprint density at radius 2 is 2.00 bits per heavy atom. The lowest BCUT2D eigenvalue weighted by Gasteiger charge is -2.11. The van der Waals surface area contributed by atoms with Crippen LogP contribution < -0.4 is 10.6 Å². The molecular formula is C22H23FN4O3S. The average molecular weight is 443 g/mol. The molecule has 1 aromatic heterocycles. The van der Waals surface area contributed by atoms with Crippen LogP contribution in [0.15, 0.2) is 71.0 Å². The maximum Gasteiger partial charge on any atom is 0.407 e. The zero-order chi connectivity index (χ0) is 22.1. The zero-order valence-corrected chi connectivity index (χ0v) is 17.8. The Labute approximate surface area is 184 Å². The first-order valence-corrected chi connectivity index (χ1v) is 10.5. The van der Waals surface area contributed by atoms with Crippen molar-refractivity contribution >= 4 is 29.4 Å². The standard InChI is InChI=1S/C22H23FN4O3S/c1-27-13-12-24-21(27)31-19-10-9-17(23)14-18(19)26-20(28)8-5-11-25-22(29)30-15-16-6-3-2-4-7-16/h2-4,6-7,9-10,12-14H,5,8,11,15H2,1H3,(H,25,29)(H,26,28). The topological polar surface area (TPSA) is 85.3 Å². The molecule has 0 saturated heterocycles. The van der Waals surface area contributed by atoms with Gasteiger partial charge in [-0.2, -0.15) is 0 Å². The van der Waals surface area contributed by atoms with E-state index in [9.17, 15) is 14.0 Å². The van der Waals surface area contributed by atoms with Crippen LogP contribution in [-0.4, -0.2) is 28.1 Å². The SMILES string of the molecule is Cn1ccnc1Sc1ccc(F)cc1NC(=O)CCCNC(=O)OCc1ccccc1. The summed E-state index contributed by atoms with van der Waals surface area (Å²) in [5, 5.41) is 6.07. The Balaban J connectivity index is 1.43. The van der Waals surface area contributed by atoms with Gasteiger partial charge in [0, 0.05) is 37.3 Å². The van der Waals surface area contributed by atoms with Gasteiger partial charge in [0.25, 0.3) is 0 Å². The highest BCUT2D eigenvalue weighted by molar-refractivity contribution is 7.99. The molecule has 0 radical (unpaired) electrons. The minimum Gasteiger partial charge on any atom is -0.445 e. The summed E-state index contributed by atoms with van der Waals surface area (Å²) >= 11 is 1.33. The normalized spacial score (nSPS) is 10.5. The smallest absolute Gasteiger partial charge is 0.407 e. The van der Waals surface area contributed by atoms with Gasteiger partial charge in [0.1, 0.15) is 12.4 Å².